The molecule has 0 spiro atoms. The number of halogens is 3. The number of hydrogen-bond acceptors (Lipinski definition) is 7. The summed E-state index contributed by atoms with van der Waals surface area (Å²) in [6.07, 6.45) is -3.97. The number of nitrogens with two attached hydrogens (primary N) is 1. The summed E-state index contributed by atoms with van der Waals surface area (Å²) in [6.45, 7) is 0.349. The van der Waals surface area contributed by atoms with Gasteiger partial charge in [-0.05, 0) is 31.0 Å². The first kappa shape index (κ1) is 23.8. The summed E-state index contributed by atoms with van der Waals surface area (Å²) >= 11 is 2.51. The van der Waals surface area contributed by atoms with Crippen molar-refractivity contribution in [2.24, 2.45) is 5.73 Å². The Morgan fingerprint density at radius 2 is 2.03 bits per heavy atom. The Kier molecular flexibility index (Phi) is 8.35. The molecule has 164 valence electrons. The van der Waals surface area contributed by atoms with Crippen molar-refractivity contribution in [1.29, 1.82) is 0 Å². The van der Waals surface area contributed by atoms with Crippen molar-refractivity contribution < 1.29 is 32.2 Å². The summed E-state index contributed by atoms with van der Waals surface area (Å²) in [4.78, 5) is 27.3. The molecule has 0 aliphatic rings. The fourth-order valence-electron chi connectivity index (χ4n) is 2.29. The van der Waals surface area contributed by atoms with Gasteiger partial charge in [0.2, 0.25) is 11.8 Å². The smallest absolute Gasteiger partial charge is 0.422 e. The van der Waals surface area contributed by atoms with Crippen LogP contribution in [0.2, 0.25) is 0 Å². The van der Waals surface area contributed by atoms with E-state index in [0.29, 0.717) is 22.8 Å². The van der Waals surface area contributed by atoms with Gasteiger partial charge < -0.3 is 20.5 Å². The summed E-state index contributed by atoms with van der Waals surface area (Å²) < 4.78 is 47.5. The number of methoxy groups -OCH3 is 1. The number of benzene rings is 1. The molecule has 1 heterocycles. The maximum atomic E-state index is 12.3. The highest BCUT2D eigenvalue weighted by Crippen LogP contribution is 2.32. The van der Waals surface area contributed by atoms with E-state index in [4.69, 9.17) is 15.2 Å². The fraction of sp³-hybridized carbons (Fsp3) is 0.389. The Labute approximate surface area is 179 Å². The summed E-state index contributed by atoms with van der Waals surface area (Å²) in [5, 5.41) is 3.11. The number of thiazole rings is 1. The summed E-state index contributed by atoms with van der Waals surface area (Å²) in [6, 6.07) is 4.49. The SMILES string of the molecule is COc1cc(CCC(=O)Nc2nc(C)c(SCC(N)=O)s2)ccc1OCC(F)(F)F. The van der Waals surface area contributed by atoms with Gasteiger partial charge in [0.15, 0.2) is 23.2 Å². The zero-order chi connectivity index (χ0) is 22.3. The van der Waals surface area contributed by atoms with Crippen molar-refractivity contribution in [1.82, 2.24) is 4.98 Å². The number of thioether (sulfide) groups is 1. The molecule has 0 saturated heterocycles. The van der Waals surface area contributed by atoms with Crippen LogP contribution in [0, 0.1) is 6.92 Å². The molecule has 1 aromatic heterocycles. The maximum Gasteiger partial charge on any atom is 0.422 e. The van der Waals surface area contributed by atoms with Crippen LogP contribution in [0.15, 0.2) is 22.4 Å². The predicted molar refractivity (Wildman–Crippen MR) is 108 cm³/mol. The van der Waals surface area contributed by atoms with Crippen molar-refractivity contribution in [2.75, 3.05) is 24.8 Å². The van der Waals surface area contributed by atoms with Crippen LogP contribution in [0.4, 0.5) is 18.3 Å². The molecule has 7 nitrogen and oxygen atoms in total. The molecular formula is C18H20F3N3O4S2. The standard InChI is InChI=1S/C18H20F3N3O4S2/c1-10-16(29-8-14(22)25)30-17(23-10)24-15(26)6-4-11-3-5-12(13(7-11)27-2)28-9-18(19,20)21/h3,5,7H,4,6,8-9H2,1-2H3,(H2,22,25)(H,23,24,26). The molecule has 0 aliphatic heterocycles. The second-order valence-electron chi connectivity index (χ2n) is 6.08. The lowest BCUT2D eigenvalue weighted by atomic mass is 10.1. The van der Waals surface area contributed by atoms with Crippen LogP contribution < -0.4 is 20.5 Å². The quantitative estimate of drug-likeness (QED) is 0.523. The highest BCUT2D eigenvalue weighted by molar-refractivity contribution is 8.01. The van der Waals surface area contributed by atoms with Crippen molar-refractivity contribution in [3.05, 3.63) is 29.5 Å². The third-order valence-electron chi connectivity index (χ3n) is 3.61. The largest absolute Gasteiger partial charge is 0.493 e. The molecule has 0 atom stereocenters. The first-order valence-electron chi connectivity index (χ1n) is 8.62. The highest BCUT2D eigenvalue weighted by Gasteiger charge is 2.29. The number of anilines is 1. The van der Waals surface area contributed by atoms with Crippen LogP contribution in [-0.4, -0.2) is 42.4 Å². The number of rotatable bonds is 10. The van der Waals surface area contributed by atoms with Gasteiger partial charge in [0, 0.05) is 6.42 Å². The molecule has 0 unspecified atom stereocenters. The van der Waals surface area contributed by atoms with Gasteiger partial charge in [0.1, 0.15) is 0 Å². The van der Waals surface area contributed by atoms with Gasteiger partial charge in [-0.3, -0.25) is 9.59 Å². The molecule has 1 aromatic carbocycles. The minimum absolute atomic E-state index is 0.0257. The number of carbonyl (C=O) groups excluding carboxylic acids is 2. The van der Waals surface area contributed by atoms with Crippen LogP contribution in [0.5, 0.6) is 11.5 Å². The number of hydrogen-bond donors (Lipinski definition) is 2. The van der Waals surface area contributed by atoms with Crippen LogP contribution in [0.1, 0.15) is 17.7 Å². The van der Waals surface area contributed by atoms with Gasteiger partial charge in [0.25, 0.3) is 0 Å². The number of carbonyl (C=O) groups is 2. The molecule has 0 radical (unpaired) electrons. The molecule has 0 saturated carbocycles. The Morgan fingerprint density at radius 1 is 1.30 bits per heavy atom. The zero-order valence-corrected chi connectivity index (χ0v) is 17.8. The van der Waals surface area contributed by atoms with Gasteiger partial charge in [-0.25, -0.2) is 4.98 Å². The lowest BCUT2D eigenvalue weighted by Gasteiger charge is -2.13. The van der Waals surface area contributed by atoms with E-state index in [1.807, 2.05) is 0 Å². The number of amides is 2. The van der Waals surface area contributed by atoms with Gasteiger partial charge in [0.05, 0.1) is 22.8 Å². The van der Waals surface area contributed by atoms with Crippen LogP contribution in [0.3, 0.4) is 0 Å². The minimum atomic E-state index is -4.45. The Hall–Kier alpha value is -2.47. The van der Waals surface area contributed by atoms with Crippen LogP contribution in [-0.2, 0) is 16.0 Å². The summed E-state index contributed by atoms with van der Waals surface area (Å²) in [5.74, 6) is -0.456. The highest BCUT2D eigenvalue weighted by atomic mass is 32.2. The van der Waals surface area contributed by atoms with Gasteiger partial charge in [-0.15, -0.1) is 11.8 Å². The molecule has 2 amide bonds. The minimum Gasteiger partial charge on any atom is -0.493 e. The van der Waals surface area contributed by atoms with Crippen molar-refractivity contribution >= 4 is 40.0 Å². The van der Waals surface area contributed by atoms with E-state index in [-0.39, 0.29) is 29.6 Å². The van der Waals surface area contributed by atoms with Crippen molar-refractivity contribution in [2.45, 2.75) is 30.2 Å². The van der Waals surface area contributed by atoms with E-state index in [0.717, 1.165) is 4.21 Å². The number of aryl methyl sites for hydroxylation is 2. The second kappa shape index (κ2) is 10.5. The Bertz CT molecular complexity index is 903. The number of nitrogens with one attached hydrogen (secondary N) is 1. The number of nitrogens with zero attached hydrogens (tertiary/aromatic N) is 1. The number of aromatic nitrogens is 1. The molecular weight excluding hydrogens is 443 g/mol. The van der Waals surface area contributed by atoms with E-state index in [9.17, 15) is 22.8 Å². The molecule has 12 heteroatoms. The van der Waals surface area contributed by atoms with E-state index in [1.54, 1.807) is 13.0 Å². The summed E-state index contributed by atoms with van der Waals surface area (Å²) in [7, 11) is 1.32. The third kappa shape index (κ3) is 7.75. The zero-order valence-electron chi connectivity index (χ0n) is 16.2. The first-order chi connectivity index (χ1) is 14.1. The normalized spacial score (nSPS) is 11.2. The van der Waals surface area contributed by atoms with E-state index in [2.05, 4.69) is 10.3 Å². The van der Waals surface area contributed by atoms with Crippen molar-refractivity contribution in [3.63, 3.8) is 0 Å². The Morgan fingerprint density at radius 3 is 2.67 bits per heavy atom. The monoisotopic (exact) mass is 463 g/mol. The molecule has 2 rings (SSSR count). The number of alkyl halides is 3. The van der Waals surface area contributed by atoms with E-state index < -0.39 is 18.7 Å². The predicted octanol–water partition coefficient (Wildman–Crippen LogP) is 3.55. The molecule has 3 N–H and O–H groups in total. The third-order valence-corrected chi connectivity index (χ3v) is 6.06. The number of primary amides is 1. The van der Waals surface area contributed by atoms with Crippen molar-refractivity contribution in [3.8, 4) is 11.5 Å². The molecule has 30 heavy (non-hydrogen) atoms. The lowest BCUT2D eigenvalue weighted by molar-refractivity contribution is -0.153. The summed E-state index contributed by atoms with van der Waals surface area (Å²) in [5.41, 5.74) is 6.52. The van der Waals surface area contributed by atoms with E-state index in [1.165, 1.54) is 42.3 Å². The van der Waals surface area contributed by atoms with Gasteiger partial charge >= 0.3 is 6.18 Å². The second-order valence-corrected chi connectivity index (χ2v) is 8.33. The first-order valence-corrected chi connectivity index (χ1v) is 10.4. The molecule has 2 aromatic rings. The molecule has 0 aliphatic carbocycles. The van der Waals surface area contributed by atoms with Crippen LogP contribution in [0.25, 0.3) is 0 Å². The fourth-order valence-corrected chi connectivity index (χ4v) is 4.19. The maximum absolute atomic E-state index is 12.3. The van der Waals surface area contributed by atoms with Gasteiger partial charge in [-0.2, -0.15) is 13.2 Å². The van der Waals surface area contributed by atoms with Gasteiger partial charge in [-0.1, -0.05) is 17.4 Å². The topological polar surface area (TPSA) is 104 Å². The number of ether oxygens (including phenoxy) is 2. The molecule has 0 fully saturated rings. The lowest BCUT2D eigenvalue weighted by Crippen LogP contribution is -2.19. The van der Waals surface area contributed by atoms with Crippen LogP contribution >= 0.6 is 23.1 Å². The average Bonchev–Trinajstić information content (AvgIpc) is 3.01. The molecule has 0 bridgehead atoms. The van der Waals surface area contributed by atoms with E-state index >= 15 is 0 Å². The Balaban J connectivity index is 1.91. The average molecular weight is 464 g/mol.